The molecular formula is C15H24. The lowest BCUT2D eigenvalue weighted by atomic mass is 10.1. The smallest absolute Gasteiger partial charge is 0.0247 e. The molecule has 0 radical (unpaired) electrons. The molecule has 0 rings (SSSR count). The van der Waals surface area contributed by atoms with Crippen LogP contribution in [0.25, 0.3) is 0 Å². The van der Waals surface area contributed by atoms with Crippen molar-refractivity contribution in [3.63, 3.8) is 0 Å². The molecule has 0 heteroatoms. The summed E-state index contributed by atoms with van der Waals surface area (Å²) in [5.41, 5.74) is 2.76. The summed E-state index contributed by atoms with van der Waals surface area (Å²) in [5.74, 6) is 0. The zero-order chi connectivity index (χ0) is 11.5. The molecule has 0 saturated heterocycles. The Morgan fingerprint density at radius 2 is 1.73 bits per heavy atom. The van der Waals surface area contributed by atoms with Crippen molar-refractivity contribution in [1.82, 2.24) is 0 Å². The minimum Gasteiger partial charge on any atom is -0.0847 e. The Morgan fingerprint density at radius 1 is 1.00 bits per heavy atom. The molecule has 0 N–H and O–H groups in total. The van der Waals surface area contributed by atoms with E-state index in [1.165, 1.54) is 11.1 Å². The van der Waals surface area contributed by atoms with Crippen molar-refractivity contribution in [1.29, 1.82) is 0 Å². The van der Waals surface area contributed by atoms with Crippen LogP contribution in [-0.4, -0.2) is 0 Å². The van der Waals surface area contributed by atoms with Crippen LogP contribution in [0.1, 0.15) is 47.0 Å². The molecule has 84 valence electrons. The van der Waals surface area contributed by atoms with E-state index >= 15 is 0 Å². The highest BCUT2D eigenvalue weighted by Gasteiger charge is 1.88. The summed E-state index contributed by atoms with van der Waals surface area (Å²) in [7, 11) is 0. The SMILES string of the molecule is CC=C(C)C=CCCC(C=CCC)=CC. The second-order valence-corrected chi connectivity index (χ2v) is 3.65. The Balaban J connectivity index is 3.93. The molecule has 0 atom stereocenters. The van der Waals surface area contributed by atoms with Gasteiger partial charge in [0.2, 0.25) is 0 Å². The molecule has 0 amide bonds. The van der Waals surface area contributed by atoms with Gasteiger partial charge < -0.3 is 0 Å². The Hall–Kier alpha value is -1.04. The van der Waals surface area contributed by atoms with E-state index in [4.69, 9.17) is 0 Å². The summed E-state index contributed by atoms with van der Waals surface area (Å²) in [6.07, 6.45) is 16.6. The lowest BCUT2D eigenvalue weighted by molar-refractivity contribution is 0.999. The molecule has 0 aromatic rings. The van der Waals surface area contributed by atoms with Gasteiger partial charge in [0.1, 0.15) is 0 Å². The van der Waals surface area contributed by atoms with Crippen LogP contribution >= 0.6 is 0 Å². The molecule has 0 nitrogen and oxygen atoms in total. The van der Waals surface area contributed by atoms with Crippen molar-refractivity contribution in [2.75, 3.05) is 0 Å². The first-order valence-corrected chi connectivity index (χ1v) is 5.85. The van der Waals surface area contributed by atoms with Gasteiger partial charge in [-0.05, 0) is 40.0 Å². The van der Waals surface area contributed by atoms with Crippen molar-refractivity contribution < 1.29 is 0 Å². The average molecular weight is 204 g/mol. The fourth-order valence-corrected chi connectivity index (χ4v) is 1.21. The molecule has 0 bridgehead atoms. The molecule has 0 heterocycles. The van der Waals surface area contributed by atoms with E-state index in [-0.39, 0.29) is 0 Å². The van der Waals surface area contributed by atoms with E-state index in [1.807, 2.05) is 0 Å². The van der Waals surface area contributed by atoms with E-state index < -0.39 is 0 Å². The van der Waals surface area contributed by atoms with Crippen LogP contribution in [0.15, 0.2) is 47.6 Å². The van der Waals surface area contributed by atoms with Crippen LogP contribution in [0.2, 0.25) is 0 Å². The molecule has 15 heavy (non-hydrogen) atoms. The molecule has 0 aliphatic carbocycles. The van der Waals surface area contributed by atoms with Crippen molar-refractivity contribution in [2.45, 2.75) is 47.0 Å². The lowest BCUT2D eigenvalue weighted by Crippen LogP contribution is -1.77. The third-order valence-electron chi connectivity index (χ3n) is 2.37. The molecule has 0 aromatic carbocycles. The maximum absolute atomic E-state index is 2.25. The topological polar surface area (TPSA) is 0 Å². The van der Waals surface area contributed by atoms with Gasteiger partial charge in [-0.15, -0.1) is 0 Å². The minimum atomic E-state index is 1.12. The predicted octanol–water partition coefficient (Wildman–Crippen LogP) is 5.20. The van der Waals surface area contributed by atoms with Crippen molar-refractivity contribution in [2.24, 2.45) is 0 Å². The molecule has 0 aliphatic heterocycles. The van der Waals surface area contributed by atoms with E-state index in [0.29, 0.717) is 0 Å². The van der Waals surface area contributed by atoms with Crippen LogP contribution in [0.3, 0.4) is 0 Å². The second-order valence-electron chi connectivity index (χ2n) is 3.65. The first kappa shape index (κ1) is 14.0. The minimum absolute atomic E-state index is 1.12. The van der Waals surface area contributed by atoms with Crippen LogP contribution in [0, 0.1) is 0 Å². The van der Waals surface area contributed by atoms with Crippen molar-refractivity contribution in [3.8, 4) is 0 Å². The molecular weight excluding hydrogens is 180 g/mol. The van der Waals surface area contributed by atoms with Gasteiger partial charge in [-0.25, -0.2) is 0 Å². The zero-order valence-corrected chi connectivity index (χ0v) is 10.6. The number of hydrogen-bond donors (Lipinski definition) is 0. The highest BCUT2D eigenvalue weighted by Crippen LogP contribution is 2.08. The Kier molecular flexibility index (Phi) is 8.85. The average Bonchev–Trinajstić information content (AvgIpc) is 2.27. The number of rotatable bonds is 6. The van der Waals surface area contributed by atoms with Crippen LogP contribution in [0.4, 0.5) is 0 Å². The molecule has 0 aromatic heterocycles. The fourth-order valence-electron chi connectivity index (χ4n) is 1.21. The van der Waals surface area contributed by atoms with E-state index in [0.717, 1.165) is 19.3 Å². The van der Waals surface area contributed by atoms with Gasteiger partial charge in [0, 0.05) is 0 Å². The Bertz CT molecular complexity index is 262. The Morgan fingerprint density at radius 3 is 2.27 bits per heavy atom. The molecule has 0 aliphatic rings. The first-order chi connectivity index (χ1) is 7.24. The van der Waals surface area contributed by atoms with Crippen LogP contribution in [-0.2, 0) is 0 Å². The van der Waals surface area contributed by atoms with Gasteiger partial charge in [0.15, 0.2) is 0 Å². The van der Waals surface area contributed by atoms with Gasteiger partial charge in [-0.3, -0.25) is 0 Å². The van der Waals surface area contributed by atoms with E-state index in [2.05, 4.69) is 64.2 Å². The second kappa shape index (κ2) is 9.51. The van der Waals surface area contributed by atoms with Crippen molar-refractivity contribution in [3.05, 3.63) is 47.6 Å². The van der Waals surface area contributed by atoms with Crippen molar-refractivity contribution >= 4 is 0 Å². The summed E-state index contributed by atoms with van der Waals surface area (Å²) in [6.45, 7) is 8.47. The third-order valence-corrected chi connectivity index (χ3v) is 2.37. The van der Waals surface area contributed by atoms with Gasteiger partial charge in [0.25, 0.3) is 0 Å². The van der Waals surface area contributed by atoms with Gasteiger partial charge in [-0.2, -0.15) is 0 Å². The molecule has 0 fully saturated rings. The summed E-state index contributed by atoms with van der Waals surface area (Å²) in [4.78, 5) is 0. The summed E-state index contributed by atoms with van der Waals surface area (Å²) < 4.78 is 0. The third kappa shape index (κ3) is 7.99. The lowest BCUT2D eigenvalue weighted by Gasteiger charge is -1.97. The maximum atomic E-state index is 2.25. The summed E-state index contributed by atoms with van der Waals surface area (Å²) in [5, 5.41) is 0. The molecule has 0 spiro atoms. The fraction of sp³-hybridized carbons (Fsp3) is 0.467. The van der Waals surface area contributed by atoms with E-state index in [9.17, 15) is 0 Å². The summed E-state index contributed by atoms with van der Waals surface area (Å²) in [6, 6.07) is 0. The van der Waals surface area contributed by atoms with E-state index in [1.54, 1.807) is 0 Å². The Labute approximate surface area is 95.1 Å². The van der Waals surface area contributed by atoms with Crippen LogP contribution in [0.5, 0.6) is 0 Å². The van der Waals surface area contributed by atoms with Gasteiger partial charge >= 0.3 is 0 Å². The number of allylic oxidation sites excluding steroid dienone is 8. The highest BCUT2D eigenvalue weighted by atomic mass is 13.9. The quantitative estimate of drug-likeness (QED) is 0.521. The van der Waals surface area contributed by atoms with Gasteiger partial charge in [-0.1, -0.05) is 54.5 Å². The summed E-state index contributed by atoms with van der Waals surface area (Å²) >= 11 is 0. The normalized spacial score (nSPS) is 14.4. The monoisotopic (exact) mass is 204 g/mol. The molecule has 0 unspecified atom stereocenters. The largest absolute Gasteiger partial charge is 0.0847 e. The highest BCUT2D eigenvalue weighted by molar-refractivity contribution is 5.19. The maximum Gasteiger partial charge on any atom is -0.0247 e. The first-order valence-electron chi connectivity index (χ1n) is 5.85. The number of hydrogen-bond acceptors (Lipinski definition) is 0. The van der Waals surface area contributed by atoms with Gasteiger partial charge in [0.05, 0.1) is 0 Å². The standard InChI is InChI=1S/C15H24/c1-5-8-12-15(7-3)13-10-9-11-14(4)6-2/h6-9,11-12H,5,10,13H2,1-4H3. The predicted molar refractivity (Wildman–Crippen MR) is 71.0 cm³/mol. The molecule has 0 saturated carbocycles. The van der Waals surface area contributed by atoms with Crippen LogP contribution < -0.4 is 0 Å². The zero-order valence-electron chi connectivity index (χ0n) is 10.6.